The highest BCUT2D eigenvalue weighted by molar-refractivity contribution is 7.10. The number of aliphatic hydroxyl groups excluding tert-OH is 2. The van der Waals surface area contributed by atoms with E-state index in [0.29, 0.717) is 4.88 Å². The first kappa shape index (κ1) is 34.3. The lowest BCUT2D eigenvalue weighted by Gasteiger charge is -2.51. The van der Waals surface area contributed by atoms with E-state index < -0.39 is 84.4 Å². The Kier molecular flexibility index (Phi) is 7.96. The van der Waals surface area contributed by atoms with Crippen LogP contribution in [-0.2, 0) is 34.1 Å². The predicted molar refractivity (Wildman–Crippen MR) is 162 cm³/mol. The Morgan fingerprint density at radius 1 is 0.922 bits per heavy atom. The van der Waals surface area contributed by atoms with E-state index in [-0.39, 0.29) is 46.3 Å². The maximum atomic E-state index is 13.6. The lowest BCUT2D eigenvalue weighted by Crippen LogP contribution is -2.69. The summed E-state index contributed by atoms with van der Waals surface area (Å²) < 4.78 is 49.5. The second-order valence-electron chi connectivity index (χ2n) is 12.6. The third-order valence-corrected chi connectivity index (χ3v) is 10.6. The highest BCUT2D eigenvalue weighted by Crippen LogP contribution is 2.59. The molecule has 4 aliphatic heterocycles. The molecule has 10 atom stereocenters. The fourth-order valence-corrected chi connectivity index (χ4v) is 8.09. The summed E-state index contributed by atoms with van der Waals surface area (Å²) >= 11 is 1.19. The number of phenols is 1. The van der Waals surface area contributed by atoms with E-state index in [4.69, 9.17) is 42.6 Å². The van der Waals surface area contributed by atoms with Gasteiger partial charge in [0.05, 0.1) is 31.8 Å². The molecular weight excluding hydrogens is 704 g/mol. The topological polar surface area (TPSA) is 262 Å². The minimum absolute atomic E-state index is 0.0185. The molecule has 0 bridgehead atoms. The Bertz CT molecular complexity index is 1820. The van der Waals surface area contributed by atoms with Crippen molar-refractivity contribution in [3.8, 4) is 28.7 Å². The van der Waals surface area contributed by atoms with E-state index in [0.717, 1.165) is 0 Å². The van der Waals surface area contributed by atoms with Gasteiger partial charge < -0.3 is 68.5 Å². The van der Waals surface area contributed by atoms with Crippen LogP contribution in [0.4, 0.5) is 0 Å². The Morgan fingerprint density at radius 2 is 1.61 bits per heavy atom. The zero-order valence-corrected chi connectivity index (χ0v) is 27.3. The van der Waals surface area contributed by atoms with Gasteiger partial charge in [-0.15, -0.1) is 11.3 Å². The first-order valence-electron chi connectivity index (χ1n) is 15.5. The van der Waals surface area contributed by atoms with Gasteiger partial charge in [0.2, 0.25) is 5.75 Å². The van der Waals surface area contributed by atoms with Gasteiger partial charge in [0.15, 0.2) is 41.7 Å². The lowest BCUT2D eigenvalue weighted by molar-refractivity contribution is -0.502. The second kappa shape index (κ2) is 11.8. The van der Waals surface area contributed by atoms with Crippen LogP contribution in [0.25, 0.3) is 0 Å². The molecule has 0 saturated carbocycles. The number of hydrogen-bond donors (Lipinski definition) is 8. The second-order valence-corrected chi connectivity index (χ2v) is 13.6. The third kappa shape index (κ3) is 5.24. The molecule has 5 aliphatic rings. The van der Waals surface area contributed by atoms with Crippen LogP contribution >= 0.6 is 11.3 Å². The molecule has 3 fully saturated rings. The van der Waals surface area contributed by atoms with Gasteiger partial charge in [0, 0.05) is 5.92 Å². The van der Waals surface area contributed by atoms with Gasteiger partial charge in [-0.3, -0.25) is 19.7 Å². The van der Waals surface area contributed by atoms with Crippen molar-refractivity contribution in [2.24, 2.45) is 11.8 Å². The molecule has 0 radical (unpaired) electrons. The van der Waals surface area contributed by atoms with Crippen molar-refractivity contribution < 1.29 is 88.3 Å². The van der Waals surface area contributed by atoms with Crippen molar-refractivity contribution >= 4 is 17.3 Å². The van der Waals surface area contributed by atoms with Crippen LogP contribution in [0.1, 0.15) is 34.0 Å². The first-order valence-corrected chi connectivity index (χ1v) is 16.4. The smallest absolute Gasteiger partial charge is 0.502 e. The van der Waals surface area contributed by atoms with Crippen molar-refractivity contribution in [1.82, 2.24) is 0 Å². The van der Waals surface area contributed by atoms with E-state index in [9.17, 15) is 45.6 Å². The molecule has 1 aromatic heterocycles. The molecule has 0 amide bonds. The summed E-state index contributed by atoms with van der Waals surface area (Å²) in [6.45, 7) is -0.350. The molecule has 5 heterocycles. The average Bonchev–Trinajstić information content (AvgIpc) is 3.83. The normalized spacial score (nSPS) is 35.7. The lowest BCUT2D eigenvalue weighted by atomic mass is 9.63. The number of rotatable bonds is 6. The number of aromatic hydroxyl groups is 1. The van der Waals surface area contributed by atoms with Crippen LogP contribution in [0.15, 0.2) is 41.8 Å². The van der Waals surface area contributed by atoms with Crippen LogP contribution < -0.4 is 18.9 Å². The van der Waals surface area contributed by atoms with Crippen molar-refractivity contribution in [2.45, 2.75) is 60.8 Å². The summed E-state index contributed by atoms with van der Waals surface area (Å²) in [6.07, 6.45) is -14.7. The number of carbonyl (C=O) groups excluding carboxylic acids is 1. The molecule has 51 heavy (non-hydrogen) atoms. The number of phenolic OH excluding ortho intramolecular Hbond substituents is 1. The SMILES string of the molecule is COc1cc(C2(O)c3cc4c(cc3C(OC3OC5C(OC(c6cccs6)OC5(O)O)C(O)C3O)C3COC(=O)C32)OC(O)(O)O4)cc(OC)c1O. The number of fused-ring (bicyclic) bond motifs is 4. The summed E-state index contributed by atoms with van der Waals surface area (Å²) in [5, 5.41) is 89.8. The molecule has 18 nitrogen and oxygen atoms in total. The van der Waals surface area contributed by atoms with Crippen LogP contribution in [0.3, 0.4) is 0 Å². The zero-order valence-electron chi connectivity index (χ0n) is 26.5. The summed E-state index contributed by atoms with van der Waals surface area (Å²) in [4.78, 5) is 14.0. The first-order chi connectivity index (χ1) is 24.2. The van der Waals surface area contributed by atoms with Crippen molar-refractivity contribution in [3.63, 3.8) is 0 Å². The van der Waals surface area contributed by atoms with Gasteiger partial charge in [0.1, 0.15) is 29.8 Å². The van der Waals surface area contributed by atoms with E-state index in [1.807, 2.05) is 0 Å². The highest BCUT2D eigenvalue weighted by Gasteiger charge is 2.64. The minimum Gasteiger partial charge on any atom is -0.502 e. The van der Waals surface area contributed by atoms with E-state index >= 15 is 0 Å². The van der Waals surface area contributed by atoms with Crippen molar-refractivity contribution in [1.29, 1.82) is 0 Å². The van der Waals surface area contributed by atoms with Gasteiger partial charge in [-0.05, 0) is 52.4 Å². The highest BCUT2D eigenvalue weighted by atomic mass is 32.1. The number of thiophene rings is 1. The van der Waals surface area contributed by atoms with E-state index in [1.165, 1.54) is 49.8 Å². The standard InChI is InChI=1S/C32H32O18S/c1-42-17-6-11(7-18(43-2)21(17)33)30(37)14-9-16-15(48-32(40,41)49-16)8-12(14)24(13-10-44-27(36)20(13)30)45-29-23(35)22(34)25-26(47-29)31(38,39)50-28(46-25)19-4-3-5-51-19/h3-9,13,20,22-26,28-29,33-35,37-41H,10H2,1-2H3. The fourth-order valence-electron chi connectivity index (χ4n) is 7.40. The van der Waals surface area contributed by atoms with Gasteiger partial charge >= 0.3 is 18.1 Å². The van der Waals surface area contributed by atoms with Crippen LogP contribution in [0.2, 0.25) is 0 Å². The van der Waals surface area contributed by atoms with Crippen molar-refractivity contribution in [3.05, 3.63) is 63.3 Å². The van der Waals surface area contributed by atoms with Crippen molar-refractivity contribution in [2.75, 3.05) is 20.8 Å². The Balaban J connectivity index is 1.22. The zero-order chi connectivity index (χ0) is 36.2. The number of aliphatic hydroxyl groups is 7. The van der Waals surface area contributed by atoms with Gasteiger partial charge in [0.25, 0.3) is 0 Å². The average molecular weight is 737 g/mol. The minimum atomic E-state index is -3.10. The molecule has 274 valence electrons. The molecule has 10 unspecified atom stereocenters. The van der Waals surface area contributed by atoms with Gasteiger partial charge in [-0.1, -0.05) is 6.07 Å². The number of esters is 1. The molecular formula is C32H32O18S. The summed E-state index contributed by atoms with van der Waals surface area (Å²) in [5.41, 5.74) is -2.41. The molecule has 8 rings (SSSR count). The van der Waals surface area contributed by atoms with Gasteiger partial charge in [-0.2, -0.15) is 0 Å². The number of benzene rings is 2. The Labute approximate surface area is 291 Å². The number of carbonyl (C=O) groups is 1. The number of ether oxygens (including phenoxy) is 9. The van der Waals surface area contributed by atoms with E-state index in [2.05, 4.69) is 0 Å². The van der Waals surface area contributed by atoms with Crippen LogP contribution in [-0.4, -0.2) is 110 Å². The molecule has 1 aliphatic carbocycles. The summed E-state index contributed by atoms with van der Waals surface area (Å²) in [5.74, 6) is -7.62. The number of methoxy groups -OCH3 is 2. The maximum Gasteiger partial charge on any atom is 0.505 e. The largest absolute Gasteiger partial charge is 0.505 e. The van der Waals surface area contributed by atoms with Crippen LogP contribution in [0.5, 0.6) is 28.7 Å². The monoisotopic (exact) mass is 736 g/mol. The van der Waals surface area contributed by atoms with Gasteiger partial charge in [-0.25, -0.2) is 0 Å². The molecule has 3 saturated heterocycles. The summed E-state index contributed by atoms with van der Waals surface area (Å²) in [7, 11) is 2.53. The fraction of sp³-hybridized carbons (Fsp3) is 0.469. The Morgan fingerprint density at radius 3 is 2.25 bits per heavy atom. The number of cyclic esters (lactones) is 1. The number of hydrogen-bond acceptors (Lipinski definition) is 19. The Hall–Kier alpha value is -3.83. The molecule has 2 aromatic carbocycles. The molecule has 3 aromatic rings. The molecule has 0 spiro atoms. The maximum absolute atomic E-state index is 13.6. The predicted octanol–water partition coefficient (Wildman–Crippen LogP) is -0.866. The quantitative estimate of drug-likeness (QED) is 0.113. The van der Waals surface area contributed by atoms with E-state index in [1.54, 1.807) is 17.5 Å². The van der Waals surface area contributed by atoms with Crippen LogP contribution in [0, 0.1) is 11.8 Å². The summed E-state index contributed by atoms with van der Waals surface area (Å²) in [6, 6.07) is 8.28. The molecule has 8 N–H and O–H groups in total. The third-order valence-electron chi connectivity index (χ3n) is 9.71. The molecule has 19 heteroatoms.